The topological polar surface area (TPSA) is 24.4 Å². The van der Waals surface area contributed by atoms with Gasteiger partial charge in [-0.15, -0.1) is 0 Å². The van der Waals surface area contributed by atoms with Crippen LogP contribution in [-0.2, 0) is 0 Å². The van der Waals surface area contributed by atoms with Gasteiger partial charge in [0.05, 0.1) is 0 Å². The van der Waals surface area contributed by atoms with Crippen LogP contribution in [0.2, 0.25) is 0 Å². The Kier molecular flexibility index (Phi) is 3.94. The van der Waals surface area contributed by atoms with Gasteiger partial charge in [-0.05, 0) is 13.0 Å². The van der Waals surface area contributed by atoms with Crippen LogP contribution in [0.3, 0.4) is 0 Å². The lowest BCUT2D eigenvalue weighted by molar-refractivity contribution is 0.994. The van der Waals surface area contributed by atoms with Crippen molar-refractivity contribution >= 4 is 6.21 Å². The van der Waals surface area contributed by atoms with Crippen LogP contribution >= 0.6 is 0 Å². The van der Waals surface area contributed by atoms with E-state index in [0.29, 0.717) is 0 Å². The fourth-order valence-electron chi connectivity index (χ4n) is 0.270. The van der Waals surface area contributed by atoms with Crippen LogP contribution in [0.4, 0.5) is 0 Å². The van der Waals surface area contributed by atoms with Crippen LogP contribution < -0.4 is 5.32 Å². The van der Waals surface area contributed by atoms with Crippen LogP contribution in [0.1, 0.15) is 6.92 Å². The molecule has 0 aromatic carbocycles. The van der Waals surface area contributed by atoms with E-state index in [1.54, 1.807) is 13.3 Å². The molecular weight excluding hydrogens is 100 g/mol. The van der Waals surface area contributed by atoms with E-state index >= 15 is 0 Å². The monoisotopic (exact) mass is 112 g/mol. The number of hydrogen-bond donors (Lipinski definition) is 1. The Labute approximate surface area is 50.3 Å². The number of hydrogen-bond acceptors (Lipinski definition) is 2. The highest BCUT2D eigenvalue weighted by Crippen LogP contribution is 1.78. The summed E-state index contributed by atoms with van der Waals surface area (Å²) >= 11 is 0. The third-order valence-corrected chi connectivity index (χ3v) is 0.868. The molecule has 2 nitrogen and oxygen atoms in total. The molecule has 0 rings (SSSR count). The molecular formula is C6H12N2. The lowest BCUT2D eigenvalue weighted by atomic mass is 10.4. The van der Waals surface area contributed by atoms with E-state index in [1.807, 2.05) is 20.0 Å². The van der Waals surface area contributed by atoms with Gasteiger partial charge in [0, 0.05) is 26.0 Å². The van der Waals surface area contributed by atoms with Gasteiger partial charge in [-0.2, -0.15) is 0 Å². The first kappa shape index (κ1) is 7.21. The molecule has 0 aliphatic heterocycles. The molecule has 2 heteroatoms. The third kappa shape index (κ3) is 3.40. The Morgan fingerprint density at radius 2 is 2.25 bits per heavy atom. The Hall–Kier alpha value is -0.790. The average Bonchev–Trinajstić information content (AvgIpc) is 1.83. The fraction of sp³-hybridized carbons (Fsp3) is 0.500. The van der Waals surface area contributed by atoms with Crippen LogP contribution in [0.5, 0.6) is 0 Å². The van der Waals surface area contributed by atoms with Crippen molar-refractivity contribution in [2.45, 2.75) is 6.92 Å². The zero-order valence-corrected chi connectivity index (χ0v) is 5.60. The van der Waals surface area contributed by atoms with E-state index in [2.05, 4.69) is 10.3 Å². The highest BCUT2D eigenvalue weighted by atomic mass is 14.8. The van der Waals surface area contributed by atoms with E-state index in [0.717, 1.165) is 5.70 Å². The summed E-state index contributed by atoms with van der Waals surface area (Å²) in [5.74, 6) is 0. The van der Waals surface area contributed by atoms with Gasteiger partial charge in [0.15, 0.2) is 0 Å². The number of nitrogens with one attached hydrogen (secondary N) is 1. The van der Waals surface area contributed by atoms with Crippen LogP contribution in [0.25, 0.3) is 0 Å². The third-order valence-electron chi connectivity index (χ3n) is 0.868. The molecule has 0 heterocycles. The molecule has 0 aliphatic rings. The van der Waals surface area contributed by atoms with Crippen molar-refractivity contribution in [3.63, 3.8) is 0 Å². The molecule has 0 amide bonds. The number of rotatable bonds is 2. The second-order valence-electron chi connectivity index (χ2n) is 1.51. The predicted octanol–water partition coefficient (Wildman–Crippen LogP) is 0.810. The van der Waals surface area contributed by atoms with Gasteiger partial charge in [-0.3, -0.25) is 4.99 Å². The first-order valence-electron chi connectivity index (χ1n) is 2.58. The quantitative estimate of drug-likeness (QED) is 0.525. The minimum Gasteiger partial charge on any atom is -0.392 e. The molecule has 0 bridgehead atoms. The number of allylic oxidation sites excluding steroid dienone is 2. The molecule has 0 saturated carbocycles. The molecule has 0 unspecified atom stereocenters. The summed E-state index contributed by atoms with van der Waals surface area (Å²) in [5.41, 5.74) is 1.12. The smallest absolute Gasteiger partial charge is 0.0277 e. The molecule has 8 heavy (non-hydrogen) atoms. The van der Waals surface area contributed by atoms with Crippen molar-refractivity contribution in [2.24, 2.45) is 4.99 Å². The summed E-state index contributed by atoms with van der Waals surface area (Å²) in [7, 11) is 3.63. The molecule has 1 N–H and O–H groups in total. The normalized spacial score (nSPS) is 12.6. The SMILES string of the molecule is C/N=C/C=C(/C)NC. The van der Waals surface area contributed by atoms with Gasteiger partial charge in [-0.1, -0.05) is 0 Å². The Morgan fingerprint density at radius 3 is 2.62 bits per heavy atom. The summed E-state index contributed by atoms with van der Waals surface area (Å²) < 4.78 is 0. The zero-order chi connectivity index (χ0) is 6.41. The summed E-state index contributed by atoms with van der Waals surface area (Å²) in [6.45, 7) is 1.99. The maximum atomic E-state index is 3.78. The first-order valence-corrected chi connectivity index (χ1v) is 2.58. The predicted molar refractivity (Wildman–Crippen MR) is 37.2 cm³/mol. The molecule has 0 aromatic heterocycles. The number of aliphatic imine (C=N–C) groups is 1. The molecule has 0 aliphatic carbocycles. The van der Waals surface area contributed by atoms with Gasteiger partial charge >= 0.3 is 0 Å². The summed E-state index contributed by atoms with van der Waals surface area (Å²) in [6, 6.07) is 0. The zero-order valence-electron chi connectivity index (χ0n) is 5.60. The van der Waals surface area contributed by atoms with E-state index in [1.165, 1.54) is 0 Å². The van der Waals surface area contributed by atoms with Gasteiger partial charge in [-0.25, -0.2) is 0 Å². The Bertz CT molecular complexity index is 103. The largest absolute Gasteiger partial charge is 0.392 e. The Balaban J connectivity index is 3.57. The van der Waals surface area contributed by atoms with Crippen LogP contribution in [0.15, 0.2) is 16.8 Å². The average molecular weight is 112 g/mol. The van der Waals surface area contributed by atoms with Crippen molar-refractivity contribution in [1.82, 2.24) is 5.32 Å². The van der Waals surface area contributed by atoms with Crippen molar-refractivity contribution in [3.8, 4) is 0 Å². The van der Waals surface area contributed by atoms with E-state index in [4.69, 9.17) is 0 Å². The highest BCUT2D eigenvalue weighted by Gasteiger charge is 1.73. The van der Waals surface area contributed by atoms with Gasteiger partial charge < -0.3 is 5.32 Å². The van der Waals surface area contributed by atoms with Crippen molar-refractivity contribution < 1.29 is 0 Å². The maximum Gasteiger partial charge on any atom is 0.0277 e. The molecule has 0 saturated heterocycles. The lowest BCUT2D eigenvalue weighted by Crippen LogP contribution is -2.00. The van der Waals surface area contributed by atoms with Crippen molar-refractivity contribution in [3.05, 3.63) is 11.8 Å². The van der Waals surface area contributed by atoms with Crippen LogP contribution in [-0.4, -0.2) is 20.3 Å². The number of nitrogens with zero attached hydrogens (tertiary/aromatic N) is 1. The highest BCUT2D eigenvalue weighted by molar-refractivity contribution is 5.71. The van der Waals surface area contributed by atoms with Crippen LogP contribution in [0, 0.1) is 0 Å². The van der Waals surface area contributed by atoms with Gasteiger partial charge in [0.2, 0.25) is 0 Å². The standard InChI is InChI=1S/C6H12N2/c1-6(8-3)4-5-7-2/h4-5,8H,1-3H3/b6-4-,7-5+. The maximum absolute atomic E-state index is 3.78. The minimum absolute atomic E-state index is 1.12. The second-order valence-corrected chi connectivity index (χ2v) is 1.51. The summed E-state index contributed by atoms with van der Waals surface area (Å²) in [5, 5.41) is 2.97. The Morgan fingerprint density at radius 1 is 1.62 bits per heavy atom. The molecule has 0 aromatic rings. The molecule has 0 fully saturated rings. The summed E-state index contributed by atoms with van der Waals surface area (Å²) in [4.78, 5) is 3.78. The molecule has 0 radical (unpaired) electrons. The second kappa shape index (κ2) is 4.37. The molecule has 0 atom stereocenters. The van der Waals surface area contributed by atoms with Crippen molar-refractivity contribution in [1.29, 1.82) is 0 Å². The fourth-order valence-corrected chi connectivity index (χ4v) is 0.270. The van der Waals surface area contributed by atoms with E-state index < -0.39 is 0 Å². The van der Waals surface area contributed by atoms with Crippen molar-refractivity contribution in [2.75, 3.05) is 14.1 Å². The summed E-state index contributed by atoms with van der Waals surface area (Å²) in [6.07, 6.45) is 3.67. The van der Waals surface area contributed by atoms with Gasteiger partial charge in [0.25, 0.3) is 0 Å². The molecule has 46 valence electrons. The van der Waals surface area contributed by atoms with E-state index in [-0.39, 0.29) is 0 Å². The molecule has 0 spiro atoms. The first-order chi connectivity index (χ1) is 3.81. The lowest BCUT2D eigenvalue weighted by Gasteiger charge is -1.92. The van der Waals surface area contributed by atoms with E-state index in [9.17, 15) is 0 Å². The minimum atomic E-state index is 1.12. The van der Waals surface area contributed by atoms with Gasteiger partial charge in [0.1, 0.15) is 0 Å².